The Morgan fingerprint density at radius 1 is 0.632 bits per heavy atom. The van der Waals surface area contributed by atoms with Crippen molar-refractivity contribution in [1.29, 1.82) is 0 Å². The van der Waals surface area contributed by atoms with Crippen LogP contribution in [0, 0.1) is 0 Å². The average molecular weight is 507 g/mol. The Hall–Kier alpha value is -4.60. The number of aromatic nitrogens is 2. The fraction of sp³-hybridized carbons (Fsp3) is 0.0286. The minimum absolute atomic E-state index is 1.15. The molecule has 3 heteroatoms. The van der Waals surface area contributed by atoms with Crippen molar-refractivity contribution < 1.29 is 0 Å². The molecule has 4 aromatic carbocycles. The van der Waals surface area contributed by atoms with Gasteiger partial charge in [-0.1, -0.05) is 79.4 Å². The third kappa shape index (κ3) is 4.27. The summed E-state index contributed by atoms with van der Waals surface area (Å²) in [6.07, 6.45) is 13.1. The zero-order valence-corrected chi connectivity index (χ0v) is 22.0. The molecule has 0 aliphatic carbocycles. The van der Waals surface area contributed by atoms with Gasteiger partial charge < -0.3 is 0 Å². The molecule has 0 atom stereocenters. The monoisotopic (exact) mass is 506 g/mol. The first-order chi connectivity index (χ1) is 18.8. The van der Waals surface area contributed by atoms with E-state index in [2.05, 4.69) is 95.4 Å². The lowest BCUT2D eigenvalue weighted by Crippen LogP contribution is -1.89. The van der Waals surface area contributed by atoms with Crippen LogP contribution in [0.25, 0.3) is 64.3 Å². The first-order valence-corrected chi connectivity index (χ1v) is 13.5. The first-order valence-electron chi connectivity index (χ1n) is 12.6. The number of pyridine rings is 2. The smallest absolute Gasteiger partial charge is 0.0355 e. The van der Waals surface area contributed by atoms with Gasteiger partial charge in [0.1, 0.15) is 0 Å². The highest BCUT2D eigenvalue weighted by atomic mass is 32.1. The predicted octanol–water partition coefficient (Wildman–Crippen LogP) is 10.2. The number of nitrogens with zero attached hydrogens (tertiary/aromatic N) is 2. The number of hydrogen-bond donors (Lipinski definition) is 0. The van der Waals surface area contributed by atoms with Crippen LogP contribution in [0.4, 0.5) is 0 Å². The first kappa shape index (κ1) is 23.8. The molecule has 0 bridgehead atoms. The van der Waals surface area contributed by atoms with Crippen molar-refractivity contribution in [2.24, 2.45) is 0 Å². The molecule has 0 saturated carbocycles. The molecule has 38 heavy (non-hydrogen) atoms. The van der Waals surface area contributed by atoms with Gasteiger partial charge in [-0.25, -0.2) is 0 Å². The van der Waals surface area contributed by atoms with Crippen molar-refractivity contribution in [2.45, 2.75) is 6.92 Å². The van der Waals surface area contributed by atoms with Crippen LogP contribution in [0.15, 0.2) is 135 Å². The maximum atomic E-state index is 4.35. The van der Waals surface area contributed by atoms with Gasteiger partial charge in [-0.05, 0) is 86.3 Å². The second-order valence-corrected chi connectivity index (χ2v) is 10.1. The molecular weight excluding hydrogens is 480 g/mol. The molecule has 182 valence electrons. The Bertz CT molecular complexity index is 1880. The van der Waals surface area contributed by atoms with Gasteiger partial charge in [-0.2, -0.15) is 0 Å². The minimum atomic E-state index is 1.15. The van der Waals surface area contributed by atoms with Crippen molar-refractivity contribution in [3.63, 3.8) is 0 Å². The molecule has 0 aliphatic rings. The summed E-state index contributed by atoms with van der Waals surface area (Å²) < 4.78 is 0. The minimum Gasteiger partial charge on any atom is -0.265 e. The second kappa shape index (κ2) is 10.4. The maximum Gasteiger partial charge on any atom is 0.0355 e. The zero-order chi connectivity index (χ0) is 25.9. The van der Waals surface area contributed by atoms with Gasteiger partial charge in [0.15, 0.2) is 0 Å². The van der Waals surface area contributed by atoms with Gasteiger partial charge in [0.05, 0.1) is 0 Å². The van der Waals surface area contributed by atoms with E-state index in [4.69, 9.17) is 0 Å². The number of allylic oxidation sites excluding steroid dienone is 3. The number of hydrogen-bond acceptors (Lipinski definition) is 3. The number of benzene rings is 4. The lowest BCUT2D eigenvalue weighted by Gasteiger charge is -2.16. The van der Waals surface area contributed by atoms with Crippen LogP contribution in [-0.2, 0) is 0 Å². The summed E-state index contributed by atoms with van der Waals surface area (Å²) in [5.74, 6) is 0. The number of thiophene rings is 1. The number of rotatable bonds is 4. The molecule has 7 rings (SSSR count). The van der Waals surface area contributed by atoms with Crippen LogP contribution in [0.1, 0.15) is 6.92 Å². The molecule has 0 radical (unpaired) electrons. The normalized spacial score (nSPS) is 11.3. The van der Waals surface area contributed by atoms with Crippen molar-refractivity contribution in [3.8, 4) is 32.0 Å². The van der Waals surface area contributed by atoms with E-state index in [0.717, 1.165) is 5.56 Å². The van der Waals surface area contributed by atoms with E-state index in [0.29, 0.717) is 0 Å². The predicted molar refractivity (Wildman–Crippen MR) is 165 cm³/mol. The van der Waals surface area contributed by atoms with Crippen LogP contribution in [0.3, 0.4) is 0 Å². The Balaban J connectivity index is 0.000000487. The van der Waals surface area contributed by atoms with Gasteiger partial charge >= 0.3 is 0 Å². The molecule has 0 spiro atoms. The van der Waals surface area contributed by atoms with Gasteiger partial charge in [0, 0.05) is 40.1 Å². The summed E-state index contributed by atoms with van der Waals surface area (Å²) >= 11 is 1.83. The molecule has 0 N–H and O–H groups in total. The molecule has 0 fully saturated rings. The summed E-state index contributed by atoms with van der Waals surface area (Å²) in [7, 11) is 0. The fourth-order valence-electron chi connectivity index (χ4n) is 5.08. The lowest BCUT2D eigenvalue weighted by atomic mass is 9.88. The van der Waals surface area contributed by atoms with Gasteiger partial charge in [-0.3, -0.25) is 9.97 Å². The Labute approximate surface area is 226 Å². The standard InChI is InChI=1S/C30H18N2S.C5H8/c1-2-22(18-32-15-1)23-7-3-20-6-10-26-24(8-4-21-5-9-25(23)29(20)30(21)26)28-12-11-27(33-28)19-13-16-31-17-14-19;1-3-5-4-2/h1-18H;3-5H,1H2,2H3/b;5-4-. The Morgan fingerprint density at radius 3 is 1.92 bits per heavy atom. The quantitative estimate of drug-likeness (QED) is 0.175. The second-order valence-electron chi connectivity index (χ2n) is 9.05. The molecule has 0 aliphatic heterocycles. The van der Waals surface area contributed by atoms with Crippen LogP contribution < -0.4 is 0 Å². The van der Waals surface area contributed by atoms with E-state index >= 15 is 0 Å². The summed E-state index contributed by atoms with van der Waals surface area (Å²) in [6.45, 7) is 5.42. The Morgan fingerprint density at radius 2 is 1.29 bits per heavy atom. The third-order valence-electron chi connectivity index (χ3n) is 6.80. The SMILES string of the molecule is C=C/C=C\C.c1cncc(-c2ccc3ccc4c(-c5ccc(-c6ccncc6)s5)ccc5ccc2c3c54)c1. The highest BCUT2D eigenvalue weighted by molar-refractivity contribution is 7.18. The van der Waals surface area contributed by atoms with E-state index < -0.39 is 0 Å². The summed E-state index contributed by atoms with van der Waals surface area (Å²) in [5, 5.41) is 7.81. The summed E-state index contributed by atoms with van der Waals surface area (Å²) in [4.78, 5) is 11.0. The van der Waals surface area contributed by atoms with E-state index in [1.54, 1.807) is 6.08 Å². The lowest BCUT2D eigenvalue weighted by molar-refractivity contribution is 1.33. The van der Waals surface area contributed by atoms with Gasteiger partial charge in [0.2, 0.25) is 0 Å². The summed E-state index contributed by atoms with van der Waals surface area (Å²) in [5.41, 5.74) is 4.87. The third-order valence-corrected chi connectivity index (χ3v) is 7.97. The summed E-state index contributed by atoms with van der Waals surface area (Å²) in [6, 6.07) is 30.8. The zero-order valence-electron chi connectivity index (χ0n) is 21.1. The molecule has 7 aromatic rings. The molecular formula is C35H26N2S. The van der Waals surface area contributed by atoms with E-state index in [1.165, 1.54) is 58.8 Å². The topological polar surface area (TPSA) is 25.8 Å². The van der Waals surface area contributed by atoms with Crippen molar-refractivity contribution in [1.82, 2.24) is 9.97 Å². The van der Waals surface area contributed by atoms with E-state index in [1.807, 2.05) is 61.3 Å². The van der Waals surface area contributed by atoms with Gasteiger partial charge in [0.25, 0.3) is 0 Å². The maximum absolute atomic E-state index is 4.35. The Kier molecular flexibility index (Phi) is 6.51. The molecule has 2 nitrogen and oxygen atoms in total. The molecule has 0 amide bonds. The van der Waals surface area contributed by atoms with Crippen molar-refractivity contribution >= 4 is 43.7 Å². The molecule has 3 heterocycles. The molecule has 0 unspecified atom stereocenters. The highest BCUT2D eigenvalue weighted by Crippen LogP contribution is 2.44. The van der Waals surface area contributed by atoms with Gasteiger partial charge in [-0.15, -0.1) is 11.3 Å². The highest BCUT2D eigenvalue weighted by Gasteiger charge is 2.15. The molecule has 3 aromatic heterocycles. The largest absolute Gasteiger partial charge is 0.265 e. The molecule has 0 saturated heterocycles. The van der Waals surface area contributed by atoms with Crippen molar-refractivity contribution in [2.75, 3.05) is 0 Å². The van der Waals surface area contributed by atoms with E-state index in [9.17, 15) is 0 Å². The van der Waals surface area contributed by atoms with Crippen LogP contribution in [0.2, 0.25) is 0 Å². The van der Waals surface area contributed by atoms with E-state index in [-0.39, 0.29) is 0 Å². The fourth-order valence-corrected chi connectivity index (χ4v) is 6.13. The van der Waals surface area contributed by atoms with Crippen LogP contribution in [0.5, 0.6) is 0 Å². The average Bonchev–Trinajstić information content (AvgIpc) is 3.48. The van der Waals surface area contributed by atoms with Crippen molar-refractivity contribution in [3.05, 3.63) is 135 Å². The van der Waals surface area contributed by atoms with Crippen LogP contribution >= 0.6 is 11.3 Å². The van der Waals surface area contributed by atoms with Crippen LogP contribution in [-0.4, -0.2) is 9.97 Å².